The summed E-state index contributed by atoms with van der Waals surface area (Å²) in [5.41, 5.74) is 5.55. The zero-order valence-corrected chi connectivity index (χ0v) is 22.5. The topological polar surface area (TPSA) is 103 Å². The Morgan fingerprint density at radius 1 is 0.725 bits per heavy atom. The fourth-order valence-corrected chi connectivity index (χ4v) is 5.54. The van der Waals surface area contributed by atoms with Gasteiger partial charge in [-0.05, 0) is 36.1 Å². The summed E-state index contributed by atoms with van der Waals surface area (Å²) in [4.78, 5) is 43.3. The number of carbonyl (C=O) groups excluding carboxylic acids is 3. The molecule has 1 saturated heterocycles. The molecule has 8 nitrogen and oxygen atoms in total. The molecule has 2 aliphatic rings. The van der Waals surface area contributed by atoms with Crippen molar-refractivity contribution in [2.75, 3.05) is 5.43 Å². The van der Waals surface area contributed by atoms with Gasteiger partial charge in [-0.15, -0.1) is 0 Å². The molecule has 2 fully saturated rings. The fourth-order valence-electron chi connectivity index (χ4n) is 5.54. The minimum atomic E-state index is -1.06. The molecule has 40 heavy (non-hydrogen) atoms. The van der Waals surface area contributed by atoms with Gasteiger partial charge in [0.1, 0.15) is 17.7 Å². The molecule has 0 bridgehead atoms. The average molecular weight is 538 g/mol. The van der Waals surface area contributed by atoms with Gasteiger partial charge in [0.25, 0.3) is 5.91 Å². The van der Waals surface area contributed by atoms with Crippen molar-refractivity contribution < 1.29 is 14.4 Å². The number of hydrazone groups is 1. The summed E-state index contributed by atoms with van der Waals surface area (Å²) in [6.07, 6.45) is 4.65. The van der Waals surface area contributed by atoms with E-state index in [0.717, 1.165) is 43.2 Å². The lowest BCUT2D eigenvalue weighted by Crippen LogP contribution is -2.53. The molecule has 1 heterocycles. The predicted molar refractivity (Wildman–Crippen MR) is 155 cm³/mol. The number of carbonyl (C=O) groups is 3. The molecule has 1 aliphatic carbocycles. The van der Waals surface area contributed by atoms with Gasteiger partial charge in [0.05, 0.1) is 5.69 Å². The number of hydrogen-bond acceptors (Lipinski definition) is 5. The normalized spacial score (nSPS) is 20.4. The number of benzene rings is 3. The molecule has 0 radical (unpaired) electrons. The summed E-state index contributed by atoms with van der Waals surface area (Å²) in [6, 6.07) is 27.3. The standard InChI is InChI=1S/C32H35N5O3/c38-30(33-21-23-13-5-1-6-14-23)27-28(36-35-25-17-9-3-10-18-25)32(40)37(26-19-11-4-12-20-26)29(27)31(39)34-22-24-15-7-2-8-16-24/h1-3,5-10,13-18,26-27,29,35H,4,11-12,19-22H2,(H,33,38)(H,34,39)/b36-28+/t27-,29-/m1/s1. The van der Waals surface area contributed by atoms with Crippen molar-refractivity contribution >= 4 is 29.1 Å². The van der Waals surface area contributed by atoms with Crippen LogP contribution in [-0.4, -0.2) is 40.4 Å². The van der Waals surface area contributed by atoms with Crippen LogP contribution in [0.25, 0.3) is 0 Å². The molecule has 2 atom stereocenters. The van der Waals surface area contributed by atoms with Crippen LogP contribution >= 0.6 is 0 Å². The monoisotopic (exact) mass is 537 g/mol. The molecule has 3 aromatic rings. The van der Waals surface area contributed by atoms with Crippen LogP contribution in [-0.2, 0) is 27.5 Å². The Morgan fingerprint density at radius 2 is 1.25 bits per heavy atom. The lowest BCUT2D eigenvalue weighted by molar-refractivity contribution is -0.139. The summed E-state index contributed by atoms with van der Waals surface area (Å²) in [7, 11) is 0. The number of amides is 3. The number of hydrogen-bond donors (Lipinski definition) is 3. The van der Waals surface area contributed by atoms with E-state index in [9.17, 15) is 14.4 Å². The second-order valence-corrected chi connectivity index (χ2v) is 10.3. The largest absolute Gasteiger partial charge is 0.351 e. The van der Waals surface area contributed by atoms with Gasteiger partial charge in [0.2, 0.25) is 11.8 Å². The Balaban J connectivity index is 1.47. The van der Waals surface area contributed by atoms with Crippen LogP contribution in [0.5, 0.6) is 0 Å². The second kappa shape index (κ2) is 13.1. The van der Waals surface area contributed by atoms with E-state index in [0.29, 0.717) is 12.2 Å². The molecule has 1 saturated carbocycles. The number of nitrogens with zero attached hydrogens (tertiary/aromatic N) is 2. The molecule has 3 amide bonds. The van der Waals surface area contributed by atoms with Crippen molar-refractivity contribution in [3.05, 3.63) is 102 Å². The molecule has 8 heteroatoms. The maximum absolute atomic E-state index is 14.0. The van der Waals surface area contributed by atoms with E-state index in [4.69, 9.17) is 0 Å². The first-order chi connectivity index (χ1) is 19.6. The van der Waals surface area contributed by atoms with Crippen LogP contribution in [0.1, 0.15) is 43.2 Å². The molecule has 0 spiro atoms. The van der Waals surface area contributed by atoms with Crippen LogP contribution in [0.4, 0.5) is 5.69 Å². The Hall–Kier alpha value is -4.46. The van der Waals surface area contributed by atoms with Gasteiger partial charge in [-0.3, -0.25) is 19.8 Å². The van der Waals surface area contributed by atoms with Gasteiger partial charge in [-0.25, -0.2) is 0 Å². The first-order valence-corrected chi connectivity index (χ1v) is 14.0. The van der Waals surface area contributed by atoms with Crippen LogP contribution in [0.3, 0.4) is 0 Å². The van der Waals surface area contributed by atoms with Gasteiger partial charge < -0.3 is 15.5 Å². The Labute approximate surface area is 234 Å². The molecule has 3 aromatic carbocycles. The number of rotatable bonds is 9. The minimum absolute atomic E-state index is 0.0554. The van der Waals surface area contributed by atoms with Crippen LogP contribution in [0.2, 0.25) is 0 Å². The summed E-state index contributed by atoms with van der Waals surface area (Å²) in [5, 5.41) is 10.4. The fraction of sp³-hybridized carbons (Fsp3) is 0.312. The molecule has 206 valence electrons. The molecule has 1 aliphatic heterocycles. The highest BCUT2D eigenvalue weighted by atomic mass is 16.2. The molecule has 0 aromatic heterocycles. The number of anilines is 1. The van der Waals surface area contributed by atoms with E-state index in [-0.39, 0.29) is 30.1 Å². The third kappa shape index (κ3) is 6.39. The average Bonchev–Trinajstić information content (AvgIpc) is 3.31. The number of para-hydroxylation sites is 1. The van der Waals surface area contributed by atoms with Crippen molar-refractivity contribution in [3.63, 3.8) is 0 Å². The van der Waals surface area contributed by atoms with Crippen LogP contribution in [0.15, 0.2) is 96.1 Å². The maximum atomic E-state index is 14.0. The summed E-state index contributed by atoms with van der Waals surface area (Å²) >= 11 is 0. The first-order valence-electron chi connectivity index (χ1n) is 14.0. The van der Waals surface area contributed by atoms with Gasteiger partial charge >= 0.3 is 0 Å². The minimum Gasteiger partial charge on any atom is -0.351 e. The van der Waals surface area contributed by atoms with Gasteiger partial charge in [0.15, 0.2) is 0 Å². The zero-order valence-electron chi connectivity index (χ0n) is 22.5. The smallest absolute Gasteiger partial charge is 0.271 e. The van der Waals surface area contributed by atoms with Crippen molar-refractivity contribution in [1.82, 2.24) is 15.5 Å². The molecule has 0 unspecified atom stereocenters. The van der Waals surface area contributed by atoms with Crippen LogP contribution < -0.4 is 16.1 Å². The summed E-state index contributed by atoms with van der Waals surface area (Å²) in [5.74, 6) is -2.18. The zero-order chi connectivity index (χ0) is 27.7. The van der Waals surface area contributed by atoms with E-state index in [2.05, 4.69) is 21.2 Å². The van der Waals surface area contributed by atoms with E-state index in [1.807, 2.05) is 91.0 Å². The maximum Gasteiger partial charge on any atom is 0.271 e. The molecular formula is C32H35N5O3. The first kappa shape index (κ1) is 27.1. The van der Waals surface area contributed by atoms with Gasteiger partial charge in [-0.1, -0.05) is 98.1 Å². The SMILES string of the molecule is O=C(NCc1ccccc1)[C@@H]1/C(=N\Nc2ccccc2)C(=O)N(C2CCCCC2)[C@H]1C(=O)NCc1ccccc1. The predicted octanol–water partition coefficient (Wildman–Crippen LogP) is 4.25. The number of likely N-dealkylation sites (tertiary alicyclic amines) is 1. The molecule has 5 rings (SSSR count). The second-order valence-electron chi connectivity index (χ2n) is 10.3. The van der Waals surface area contributed by atoms with E-state index in [1.165, 1.54) is 0 Å². The van der Waals surface area contributed by atoms with Crippen molar-refractivity contribution in [3.8, 4) is 0 Å². The summed E-state index contributed by atoms with van der Waals surface area (Å²) in [6.45, 7) is 0.585. The van der Waals surface area contributed by atoms with Crippen molar-refractivity contribution in [2.24, 2.45) is 11.0 Å². The quantitative estimate of drug-likeness (QED) is 0.355. The lowest BCUT2D eigenvalue weighted by Gasteiger charge is -2.35. The molecule has 3 N–H and O–H groups in total. The van der Waals surface area contributed by atoms with Crippen LogP contribution in [0, 0.1) is 5.92 Å². The highest BCUT2D eigenvalue weighted by Crippen LogP contribution is 2.33. The number of nitrogens with one attached hydrogen (secondary N) is 3. The highest BCUT2D eigenvalue weighted by Gasteiger charge is 2.54. The lowest BCUT2D eigenvalue weighted by atomic mass is 9.92. The van der Waals surface area contributed by atoms with Crippen molar-refractivity contribution in [1.29, 1.82) is 0 Å². The van der Waals surface area contributed by atoms with E-state index >= 15 is 0 Å². The third-order valence-electron chi connectivity index (χ3n) is 7.58. The Kier molecular flexibility index (Phi) is 8.86. The van der Waals surface area contributed by atoms with E-state index < -0.39 is 17.9 Å². The van der Waals surface area contributed by atoms with E-state index in [1.54, 1.807) is 4.90 Å². The molecular weight excluding hydrogens is 502 g/mol. The Bertz CT molecular complexity index is 1320. The highest BCUT2D eigenvalue weighted by molar-refractivity contribution is 6.46. The van der Waals surface area contributed by atoms with Gasteiger partial charge in [0, 0.05) is 19.1 Å². The Morgan fingerprint density at radius 3 is 1.82 bits per heavy atom. The van der Waals surface area contributed by atoms with Crippen molar-refractivity contribution in [2.45, 2.75) is 57.3 Å². The van der Waals surface area contributed by atoms with Gasteiger partial charge in [-0.2, -0.15) is 5.10 Å². The third-order valence-corrected chi connectivity index (χ3v) is 7.58. The summed E-state index contributed by atoms with van der Waals surface area (Å²) < 4.78 is 0.